The standard InChI is InChI=1S/C24H20ClN3O6S/c1-15(22(30)33-21(16-9-5-3-6-10-16)17-11-7-4-8-12-17)34-28-20(23(31)32-2)18-14-35-24(26-18)27-19(29)13-25/h3-12,14,21H,1,13H2,2H3,(H,26,27,29). The van der Waals surface area contributed by atoms with Crippen molar-refractivity contribution in [3.05, 3.63) is 95.2 Å². The number of anilines is 1. The molecule has 3 rings (SSSR count). The van der Waals surface area contributed by atoms with Gasteiger partial charge in [0.05, 0.1) is 7.11 Å². The first-order chi connectivity index (χ1) is 16.9. The maximum Gasteiger partial charge on any atom is 0.377 e. The zero-order chi connectivity index (χ0) is 25.2. The second-order valence-corrected chi connectivity index (χ2v) is 7.90. The van der Waals surface area contributed by atoms with Gasteiger partial charge in [-0.3, -0.25) is 4.79 Å². The second kappa shape index (κ2) is 12.4. The van der Waals surface area contributed by atoms with E-state index in [1.807, 2.05) is 60.7 Å². The van der Waals surface area contributed by atoms with Crippen LogP contribution in [0.3, 0.4) is 0 Å². The molecule has 9 nitrogen and oxygen atoms in total. The Kier molecular flexibility index (Phi) is 9.10. The van der Waals surface area contributed by atoms with Crippen LogP contribution in [-0.2, 0) is 28.7 Å². The molecule has 0 saturated heterocycles. The van der Waals surface area contributed by atoms with Crippen molar-refractivity contribution >= 4 is 51.6 Å². The number of thiazole rings is 1. The fourth-order valence-electron chi connectivity index (χ4n) is 2.77. The molecule has 0 radical (unpaired) electrons. The molecule has 0 aliphatic heterocycles. The molecular formula is C24H20ClN3O6S. The van der Waals surface area contributed by atoms with Crippen molar-refractivity contribution in [1.82, 2.24) is 4.98 Å². The molecule has 0 atom stereocenters. The van der Waals surface area contributed by atoms with E-state index < -0.39 is 29.7 Å². The van der Waals surface area contributed by atoms with Crippen molar-refractivity contribution in [2.75, 3.05) is 18.3 Å². The first-order valence-electron chi connectivity index (χ1n) is 10.1. The molecule has 3 aromatic rings. The summed E-state index contributed by atoms with van der Waals surface area (Å²) in [6.45, 7) is 3.56. The topological polar surface area (TPSA) is 116 Å². The van der Waals surface area contributed by atoms with Crippen molar-refractivity contribution in [1.29, 1.82) is 0 Å². The lowest BCUT2D eigenvalue weighted by molar-refractivity contribution is -0.147. The number of oxime groups is 1. The monoisotopic (exact) mass is 513 g/mol. The van der Waals surface area contributed by atoms with Gasteiger partial charge in [0.25, 0.3) is 0 Å². The molecule has 1 amide bonds. The molecule has 0 aliphatic carbocycles. The van der Waals surface area contributed by atoms with Crippen LogP contribution in [0.25, 0.3) is 0 Å². The Bertz CT molecular complexity index is 1190. The molecule has 2 aromatic carbocycles. The van der Waals surface area contributed by atoms with Gasteiger partial charge in [0, 0.05) is 5.38 Å². The number of hydrogen-bond acceptors (Lipinski definition) is 9. The summed E-state index contributed by atoms with van der Waals surface area (Å²) in [7, 11) is 1.15. The van der Waals surface area contributed by atoms with Crippen molar-refractivity contribution in [3.8, 4) is 0 Å². The highest BCUT2D eigenvalue weighted by molar-refractivity contribution is 7.14. The van der Waals surface area contributed by atoms with E-state index in [0.717, 1.165) is 29.6 Å². The van der Waals surface area contributed by atoms with Crippen LogP contribution in [0.4, 0.5) is 5.13 Å². The highest BCUT2D eigenvalue weighted by atomic mass is 35.5. The number of methoxy groups -OCH3 is 1. The van der Waals surface area contributed by atoms with Crippen LogP contribution in [0.2, 0.25) is 0 Å². The van der Waals surface area contributed by atoms with Crippen molar-refractivity contribution in [2.45, 2.75) is 6.10 Å². The van der Waals surface area contributed by atoms with Gasteiger partial charge in [-0.05, 0) is 17.7 Å². The number of amides is 1. The van der Waals surface area contributed by atoms with Crippen LogP contribution in [0.15, 0.2) is 83.5 Å². The first kappa shape index (κ1) is 25.6. The number of carbonyl (C=O) groups excluding carboxylic acids is 3. The lowest BCUT2D eigenvalue weighted by Gasteiger charge is -2.19. The third kappa shape index (κ3) is 6.98. The summed E-state index contributed by atoms with van der Waals surface area (Å²) >= 11 is 6.50. The smallest absolute Gasteiger partial charge is 0.377 e. The van der Waals surface area contributed by atoms with E-state index in [1.54, 1.807) is 0 Å². The van der Waals surface area contributed by atoms with Crippen molar-refractivity contribution in [3.63, 3.8) is 0 Å². The molecule has 180 valence electrons. The number of alkyl halides is 1. The summed E-state index contributed by atoms with van der Waals surface area (Å²) in [4.78, 5) is 45.6. The largest absolute Gasteiger partial charge is 0.464 e. The number of nitrogens with one attached hydrogen (secondary N) is 1. The molecule has 0 bridgehead atoms. The summed E-state index contributed by atoms with van der Waals surface area (Å²) in [6, 6.07) is 18.3. The predicted molar refractivity (Wildman–Crippen MR) is 131 cm³/mol. The summed E-state index contributed by atoms with van der Waals surface area (Å²) in [5.74, 6) is -2.95. The molecule has 0 unspecified atom stereocenters. The summed E-state index contributed by atoms with van der Waals surface area (Å²) in [5.41, 5.74) is 1.20. The third-order valence-electron chi connectivity index (χ3n) is 4.40. The van der Waals surface area contributed by atoms with Gasteiger partial charge in [-0.25, -0.2) is 14.6 Å². The molecule has 0 saturated carbocycles. The molecule has 0 aliphatic rings. The van der Waals surface area contributed by atoms with Gasteiger partial charge in [-0.2, -0.15) is 0 Å². The number of ether oxygens (including phenoxy) is 2. The molecule has 35 heavy (non-hydrogen) atoms. The Morgan fingerprint density at radius 1 is 1.06 bits per heavy atom. The van der Waals surface area contributed by atoms with Crippen LogP contribution in [0, 0.1) is 0 Å². The number of halogens is 1. The number of benzene rings is 2. The zero-order valence-corrected chi connectivity index (χ0v) is 20.0. The third-order valence-corrected chi connectivity index (χ3v) is 5.40. The zero-order valence-electron chi connectivity index (χ0n) is 18.5. The predicted octanol–water partition coefficient (Wildman–Crippen LogP) is 4.06. The lowest BCUT2D eigenvalue weighted by atomic mass is 10.0. The quantitative estimate of drug-likeness (QED) is 0.108. The number of hydrogen-bond donors (Lipinski definition) is 1. The SMILES string of the molecule is C=C(ON=C(C(=O)OC)c1csc(NC(=O)CCl)n1)C(=O)OC(c1ccccc1)c1ccccc1. The average molecular weight is 514 g/mol. The fraction of sp³-hybridized carbons (Fsp3) is 0.125. The Balaban J connectivity index is 1.77. The number of carbonyl (C=O) groups is 3. The molecule has 1 aromatic heterocycles. The Labute approximate surface area is 210 Å². The van der Waals surface area contributed by atoms with Crippen LogP contribution < -0.4 is 5.32 Å². The van der Waals surface area contributed by atoms with E-state index >= 15 is 0 Å². The number of nitrogens with zero attached hydrogens (tertiary/aromatic N) is 2. The van der Waals surface area contributed by atoms with Crippen molar-refractivity contribution < 1.29 is 28.7 Å². The number of aromatic nitrogens is 1. The van der Waals surface area contributed by atoms with Crippen LogP contribution in [0.5, 0.6) is 0 Å². The van der Waals surface area contributed by atoms with Crippen LogP contribution in [0.1, 0.15) is 22.9 Å². The molecule has 1 N–H and O–H groups in total. The Morgan fingerprint density at radius 2 is 1.66 bits per heavy atom. The number of rotatable bonds is 10. The van der Waals surface area contributed by atoms with Gasteiger partial charge in [0.2, 0.25) is 17.4 Å². The summed E-state index contributed by atoms with van der Waals surface area (Å²) in [5, 5.41) is 7.79. The van der Waals surface area contributed by atoms with Gasteiger partial charge >= 0.3 is 11.9 Å². The minimum Gasteiger partial charge on any atom is -0.464 e. The summed E-state index contributed by atoms with van der Waals surface area (Å²) < 4.78 is 10.4. The van der Waals surface area contributed by atoms with Gasteiger partial charge in [-0.15, -0.1) is 22.9 Å². The molecule has 0 fully saturated rings. The van der Waals surface area contributed by atoms with Gasteiger partial charge < -0.3 is 19.6 Å². The minimum atomic E-state index is -0.885. The van der Waals surface area contributed by atoms with E-state index in [9.17, 15) is 14.4 Å². The molecule has 11 heteroatoms. The highest BCUT2D eigenvalue weighted by Gasteiger charge is 2.24. The second-order valence-electron chi connectivity index (χ2n) is 6.77. The van der Waals surface area contributed by atoms with E-state index in [4.69, 9.17) is 25.9 Å². The van der Waals surface area contributed by atoms with Gasteiger partial charge in [0.1, 0.15) is 11.6 Å². The lowest BCUT2D eigenvalue weighted by Crippen LogP contribution is -2.20. The molecule has 1 heterocycles. The van der Waals surface area contributed by atoms with Crippen molar-refractivity contribution in [2.24, 2.45) is 5.16 Å². The summed E-state index contributed by atoms with van der Waals surface area (Å²) in [6.07, 6.45) is -0.721. The van der Waals surface area contributed by atoms with Crippen LogP contribution in [-0.4, -0.2) is 41.5 Å². The van der Waals surface area contributed by atoms with Gasteiger partial charge in [0.15, 0.2) is 11.2 Å². The van der Waals surface area contributed by atoms with Crippen LogP contribution >= 0.6 is 22.9 Å². The highest BCUT2D eigenvalue weighted by Crippen LogP contribution is 2.27. The maximum absolute atomic E-state index is 12.7. The van der Waals surface area contributed by atoms with E-state index in [-0.39, 0.29) is 22.4 Å². The average Bonchev–Trinajstić information content (AvgIpc) is 3.35. The normalized spacial score (nSPS) is 11.0. The van der Waals surface area contributed by atoms with E-state index in [2.05, 4.69) is 22.0 Å². The van der Waals surface area contributed by atoms with E-state index in [1.165, 1.54) is 5.38 Å². The maximum atomic E-state index is 12.7. The van der Waals surface area contributed by atoms with Gasteiger partial charge in [-0.1, -0.05) is 65.8 Å². The Hall–Kier alpha value is -4.02. The molecule has 0 spiro atoms. The molecular weight excluding hydrogens is 494 g/mol. The fourth-order valence-corrected chi connectivity index (χ4v) is 3.55. The first-order valence-corrected chi connectivity index (χ1v) is 11.5. The van der Waals surface area contributed by atoms with E-state index in [0.29, 0.717) is 0 Å². The Morgan fingerprint density at radius 3 is 2.20 bits per heavy atom. The number of esters is 2. The minimum absolute atomic E-state index is 0.0549.